The number of hydrogen-bond donors (Lipinski definition) is 2. The summed E-state index contributed by atoms with van der Waals surface area (Å²) in [4.78, 5) is 13.3. The largest absolute Gasteiger partial charge is 0.392 e. The molecule has 1 saturated carbocycles. The summed E-state index contributed by atoms with van der Waals surface area (Å²) in [5.74, 6) is 0.908. The molecule has 5 atom stereocenters. The zero-order valence-corrected chi connectivity index (χ0v) is 17.7. The van der Waals surface area contributed by atoms with Crippen LogP contribution in [-0.4, -0.2) is 47.3 Å². The molecule has 2 aliphatic carbocycles. The van der Waals surface area contributed by atoms with Crippen molar-refractivity contribution in [3.8, 4) is 0 Å². The molecular weight excluding hydrogens is 362 g/mol. The number of benzene rings is 1. The summed E-state index contributed by atoms with van der Waals surface area (Å²) in [6, 6.07) is 8.19. The van der Waals surface area contributed by atoms with Gasteiger partial charge in [0.25, 0.3) is 0 Å². The normalized spacial score (nSPS) is 27.4. The number of nitrogens with zero attached hydrogens (tertiary/aromatic N) is 1. The van der Waals surface area contributed by atoms with E-state index in [1.54, 1.807) is 19.0 Å². The van der Waals surface area contributed by atoms with Gasteiger partial charge in [-0.05, 0) is 37.2 Å². The number of aliphatic hydroxyl groups is 2. The van der Waals surface area contributed by atoms with E-state index in [0.29, 0.717) is 24.7 Å². The molecule has 0 saturated heterocycles. The molecule has 1 aromatic rings. The molecule has 2 N–H and O–H groups in total. The third kappa shape index (κ3) is 5.68. The van der Waals surface area contributed by atoms with E-state index < -0.39 is 6.10 Å². The second-order valence-corrected chi connectivity index (χ2v) is 8.69. The number of rotatable bonds is 7. The van der Waals surface area contributed by atoms with Crippen LogP contribution in [-0.2, 0) is 11.2 Å². The lowest BCUT2D eigenvalue weighted by Crippen LogP contribution is -2.20. The SMILES string of the molecule is Cc1cccc(C[C@@H](O)/C=C/[C@@H]2[C@H]3CC(/C=C\CC(=O)N(C)C)=C[C@H]3C[C@H]2O)c1. The van der Waals surface area contributed by atoms with Crippen molar-refractivity contribution in [2.45, 2.75) is 44.8 Å². The molecule has 4 nitrogen and oxygen atoms in total. The Morgan fingerprint density at radius 2 is 2.14 bits per heavy atom. The van der Waals surface area contributed by atoms with E-state index in [2.05, 4.69) is 31.2 Å². The van der Waals surface area contributed by atoms with E-state index in [0.717, 1.165) is 18.4 Å². The smallest absolute Gasteiger partial charge is 0.225 e. The quantitative estimate of drug-likeness (QED) is 0.696. The molecule has 0 spiro atoms. The van der Waals surface area contributed by atoms with Gasteiger partial charge in [-0.1, -0.05) is 65.8 Å². The average Bonchev–Trinajstić information content (AvgIpc) is 3.16. The summed E-state index contributed by atoms with van der Waals surface area (Å²) in [7, 11) is 3.53. The first-order valence-electron chi connectivity index (χ1n) is 10.5. The van der Waals surface area contributed by atoms with Crippen LogP contribution in [0.15, 0.2) is 60.2 Å². The number of aryl methyl sites for hydroxylation is 1. The molecule has 156 valence electrons. The van der Waals surface area contributed by atoms with Crippen molar-refractivity contribution >= 4 is 5.91 Å². The predicted molar refractivity (Wildman–Crippen MR) is 116 cm³/mol. The fourth-order valence-electron chi connectivity index (χ4n) is 4.57. The Labute approximate surface area is 174 Å². The predicted octanol–water partition coefficient (Wildman–Crippen LogP) is 3.43. The topological polar surface area (TPSA) is 60.8 Å². The van der Waals surface area contributed by atoms with E-state index >= 15 is 0 Å². The summed E-state index contributed by atoms with van der Waals surface area (Å²) in [6.07, 6.45) is 11.9. The first-order valence-corrected chi connectivity index (χ1v) is 10.5. The van der Waals surface area contributed by atoms with Crippen molar-refractivity contribution in [3.05, 3.63) is 71.3 Å². The summed E-state index contributed by atoms with van der Waals surface area (Å²) >= 11 is 0. The van der Waals surface area contributed by atoms with Gasteiger partial charge in [0.15, 0.2) is 0 Å². The highest BCUT2D eigenvalue weighted by Gasteiger charge is 2.42. The third-order valence-electron chi connectivity index (χ3n) is 6.11. The van der Waals surface area contributed by atoms with Gasteiger partial charge in [0.05, 0.1) is 12.2 Å². The first-order chi connectivity index (χ1) is 13.8. The average molecular weight is 396 g/mol. The zero-order chi connectivity index (χ0) is 21.0. The maximum atomic E-state index is 11.7. The molecule has 1 amide bonds. The number of fused-ring (bicyclic) bond motifs is 1. The van der Waals surface area contributed by atoms with Crippen molar-refractivity contribution in [1.82, 2.24) is 4.90 Å². The minimum Gasteiger partial charge on any atom is -0.392 e. The van der Waals surface area contributed by atoms with Crippen LogP contribution in [0.5, 0.6) is 0 Å². The van der Waals surface area contributed by atoms with Crippen molar-refractivity contribution in [2.24, 2.45) is 17.8 Å². The summed E-state index contributed by atoms with van der Waals surface area (Å²) in [6.45, 7) is 2.05. The summed E-state index contributed by atoms with van der Waals surface area (Å²) < 4.78 is 0. The van der Waals surface area contributed by atoms with Gasteiger partial charge in [-0.25, -0.2) is 0 Å². The molecule has 0 aromatic heterocycles. The van der Waals surface area contributed by atoms with E-state index in [-0.39, 0.29) is 17.9 Å². The second-order valence-electron chi connectivity index (χ2n) is 8.69. The van der Waals surface area contributed by atoms with Gasteiger partial charge in [-0.3, -0.25) is 4.79 Å². The van der Waals surface area contributed by atoms with Gasteiger partial charge in [-0.15, -0.1) is 0 Å². The lowest BCUT2D eigenvalue weighted by atomic mass is 9.89. The minimum absolute atomic E-state index is 0.0673. The van der Waals surface area contributed by atoms with Crippen LogP contribution in [0.25, 0.3) is 0 Å². The molecule has 29 heavy (non-hydrogen) atoms. The second kappa shape index (κ2) is 9.55. The molecule has 0 unspecified atom stereocenters. The first kappa shape index (κ1) is 21.5. The maximum absolute atomic E-state index is 11.7. The molecule has 0 heterocycles. The number of allylic oxidation sites excluding steroid dienone is 3. The molecule has 0 radical (unpaired) electrons. The monoisotopic (exact) mass is 395 g/mol. The Morgan fingerprint density at radius 3 is 2.86 bits per heavy atom. The third-order valence-corrected chi connectivity index (χ3v) is 6.11. The van der Waals surface area contributed by atoms with Crippen molar-refractivity contribution in [3.63, 3.8) is 0 Å². The highest BCUT2D eigenvalue weighted by atomic mass is 16.3. The van der Waals surface area contributed by atoms with Gasteiger partial charge in [-0.2, -0.15) is 0 Å². The van der Waals surface area contributed by atoms with Gasteiger partial charge in [0, 0.05) is 32.9 Å². The molecule has 1 aromatic carbocycles. The van der Waals surface area contributed by atoms with Crippen LogP contribution >= 0.6 is 0 Å². The van der Waals surface area contributed by atoms with Gasteiger partial charge < -0.3 is 15.1 Å². The summed E-state index contributed by atoms with van der Waals surface area (Å²) in [5.41, 5.74) is 3.56. The number of carbonyl (C=O) groups excluding carboxylic acids is 1. The Morgan fingerprint density at radius 1 is 1.34 bits per heavy atom. The molecule has 1 fully saturated rings. The van der Waals surface area contributed by atoms with Crippen LogP contribution in [0, 0.1) is 24.7 Å². The molecule has 2 aliphatic rings. The van der Waals surface area contributed by atoms with Crippen LogP contribution in [0.1, 0.15) is 30.4 Å². The lowest BCUT2D eigenvalue weighted by Gasteiger charge is -2.18. The fraction of sp³-hybridized carbons (Fsp3) is 0.480. The fourth-order valence-corrected chi connectivity index (χ4v) is 4.57. The maximum Gasteiger partial charge on any atom is 0.225 e. The van der Waals surface area contributed by atoms with Crippen molar-refractivity contribution in [1.29, 1.82) is 0 Å². The Balaban J connectivity index is 1.56. The number of aliphatic hydroxyl groups excluding tert-OH is 2. The van der Waals surface area contributed by atoms with Crippen molar-refractivity contribution in [2.75, 3.05) is 14.1 Å². The lowest BCUT2D eigenvalue weighted by molar-refractivity contribution is -0.127. The van der Waals surface area contributed by atoms with Crippen LogP contribution in [0.3, 0.4) is 0 Å². The van der Waals surface area contributed by atoms with E-state index in [1.165, 1.54) is 11.1 Å². The molecule has 3 rings (SSSR count). The molecule has 4 heteroatoms. The van der Waals surface area contributed by atoms with Crippen LogP contribution in [0.2, 0.25) is 0 Å². The molecular formula is C25H33NO3. The van der Waals surface area contributed by atoms with Crippen LogP contribution in [0.4, 0.5) is 0 Å². The minimum atomic E-state index is -0.547. The summed E-state index contributed by atoms with van der Waals surface area (Å²) in [5, 5.41) is 20.9. The number of carbonyl (C=O) groups is 1. The number of amides is 1. The van der Waals surface area contributed by atoms with E-state index in [4.69, 9.17) is 0 Å². The van der Waals surface area contributed by atoms with E-state index in [9.17, 15) is 15.0 Å². The Bertz CT molecular complexity index is 808. The van der Waals surface area contributed by atoms with Crippen LogP contribution < -0.4 is 0 Å². The van der Waals surface area contributed by atoms with Crippen molar-refractivity contribution < 1.29 is 15.0 Å². The standard InChI is InChI=1S/C25H33NO3/c1-17-6-4-7-18(12-17)14-21(27)10-11-22-23-15-19(13-20(23)16-24(22)28)8-5-9-25(29)26(2)3/h4-8,10-13,20-24,27-28H,9,14-16H2,1-3H3/b8-5-,11-10+/t20-,21-,22+,23-,24+/m0/s1. The number of hydrogen-bond acceptors (Lipinski definition) is 3. The molecule has 0 aliphatic heterocycles. The van der Waals surface area contributed by atoms with E-state index in [1.807, 2.05) is 30.4 Å². The zero-order valence-electron chi connectivity index (χ0n) is 17.7. The van der Waals surface area contributed by atoms with Gasteiger partial charge in [0.2, 0.25) is 5.91 Å². The highest BCUT2D eigenvalue weighted by molar-refractivity contribution is 5.77. The Kier molecular flexibility index (Phi) is 7.09. The molecule has 0 bridgehead atoms. The highest BCUT2D eigenvalue weighted by Crippen LogP contribution is 2.47. The van der Waals surface area contributed by atoms with Gasteiger partial charge >= 0.3 is 0 Å². The van der Waals surface area contributed by atoms with Gasteiger partial charge in [0.1, 0.15) is 0 Å². The Hall–Kier alpha value is -2.17.